The zero-order chi connectivity index (χ0) is 22.2. The van der Waals surface area contributed by atoms with Gasteiger partial charge in [0, 0.05) is 29.7 Å². The standard InChI is InChI=1S/C27H22N2O3/c1-28-23-11-7-6-10-21(23)24-25(28)27(31)29(16-18-12-14-20(32-2)15-13-18)17-22(26(24)30)19-8-4-3-5-9-19/h3-15,17H,16H2,1-2H3. The average molecular weight is 422 g/mol. The SMILES string of the molecule is COc1ccc(Cn2cc(-c3ccccc3)c(=O)c3c4ccccc4n(C)c3c2=O)cc1. The molecule has 0 radical (unpaired) electrons. The Kier molecular flexibility index (Phi) is 4.86. The maximum atomic E-state index is 13.8. The van der Waals surface area contributed by atoms with Gasteiger partial charge in [-0.1, -0.05) is 60.7 Å². The third-order valence-electron chi connectivity index (χ3n) is 5.92. The van der Waals surface area contributed by atoms with E-state index in [1.165, 1.54) is 0 Å². The maximum Gasteiger partial charge on any atom is 0.275 e. The van der Waals surface area contributed by atoms with Crippen LogP contribution in [0, 0.1) is 0 Å². The number of methoxy groups -OCH3 is 1. The monoisotopic (exact) mass is 422 g/mol. The molecule has 3 aromatic carbocycles. The van der Waals surface area contributed by atoms with E-state index in [4.69, 9.17) is 4.74 Å². The fraction of sp³-hybridized carbons (Fsp3) is 0.111. The zero-order valence-corrected chi connectivity index (χ0v) is 17.9. The molecular formula is C27H22N2O3. The lowest BCUT2D eigenvalue weighted by atomic mass is 10.1. The van der Waals surface area contributed by atoms with E-state index >= 15 is 0 Å². The van der Waals surface area contributed by atoms with Gasteiger partial charge in [-0.05, 0) is 29.3 Å². The number of hydrogen-bond donors (Lipinski definition) is 0. The molecule has 0 saturated heterocycles. The third-order valence-corrected chi connectivity index (χ3v) is 5.92. The number of para-hydroxylation sites is 1. The van der Waals surface area contributed by atoms with E-state index in [0.29, 0.717) is 23.0 Å². The van der Waals surface area contributed by atoms with Crippen molar-refractivity contribution in [2.24, 2.45) is 7.05 Å². The summed E-state index contributed by atoms with van der Waals surface area (Å²) in [6.07, 6.45) is 1.69. The van der Waals surface area contributed by atoms with Crippen LogP contribution in [0.25, 0.3) is 32.9 Å². The molecule has 0 aliphatic heterocycles. The number of ether oxygens (including phenoxy) is 1. The number of benzene rings is 3. The Morgan fingerprint density at radius 2 is 1.53 bits per heavy atom. The van der Waals surface area contributed by atoms with Crippen LogP contribution in [0.15, 0.2) is 94.6 Å². The molecule has 0 N–H and O–H groups in total. The predicted octanol–water partition coefficient (Wildman–Crippen LogP) is 4.58. The Hall–Kier alpha value is -4.12. The van der Waals surface area contributed by atoms with E-state index in [9.17, 15) is 9.59 Å². The highest BCUT2D eigenvalue weighted by Crippen LogP contribution is 2.25. The molecule has 0 amide bonds. The van der Waals surface area contributed by atoms with Crippen LogP contribution in [0.2, 0.25) is 0 Å². The van der Waals surface area contributed by atoms with E-state index in [-0.39, 0.29) is 11.0 Å². The second-order valence-corrected chi connectivity index (χ2v) is 7.82. The van der Waals surface area contributed by atoms with Crippen molar-refractivity contribution in [1.29, 1.82) is 0 Å². The Bertz CT molecular complexity index is 1560. The summed E-state index contributed by atoms with van der Waals surface area (Å²) < 4.78 is 8.70. The number of fused-ring (bicyclic) bond motifs is 3. The topological polar surface area (TPSA) is 53.2 Å². The van der Waals surface area contributed by atoms with E-state index < -0.39 is 0 Å². The van der Waals surface area contributed by atoms with Gasteiger partial charge in [0.15, 0.2) is 5.43 Å². The quantitative estimate of drug-likeness (QED) is 0.426. The van der Waals surface area contributed by atoms with Gasteiger partial charge < -0.3 is 13.9 Å². The van der Waals surface area contributed by atoms with Crippen LogP contribution >= 0.6 is 0 Å². The minimum Gasteiger partial charge on any atom is -0.497 e. The van der Waals surface area contributed by atoms with Gasteiger partial charge in [-0.25, -0.2) is 0 Å². The van der Waals surface area contributed by atoms with Gasteiger partial charge >= 0.3 is 0 Å². The molecule has 5 nitrogen and oxygen atoms in total. The molecular weight excluding hydrogens is 400 g/mol. The molecule has 5 aromatic rings. The van der Waals surface area contributed by atoms with Crippen LogP contribution in [0.1, 0.15) is 5.56 Å². The van der Waals surface area contributed by atoms with Gasteiger partial charge in [0.05, 0.1) is 19.0 Å². The van der Waals surface area contributed by atoms with Crippen LogP contribution in [-0.2, 0) is 13.6 Å². The highest BCUT2D eigenvalue weighted by atomic mass is 16.5. The summed E-state index contributed by atoms with van der Waals surface area (Å²) in [5.41, 5.74) is 3.15. The first-order valence-corrected chi connectivity index (χ1v) is 10.4. The first-order valence-electron chi connectivity index (χ1n) is 10.4. The Morgan fingerprint density at radius 1 is 0.844 bits per heavy atom. The van der Waals surface area contributed by atoms with Gasteiger partial charge in [-0.2, -0.15) is 0 Å². The normalized spacial score (nSPS) is 11.2. The molecule has 0 saturated carbocycles. The Morgan fingerprint density at radius 3 is 2.25 bits per heavy atom. The second-order valence-electron chi connectivity index (χ2n) is 7.82. The summed E-state index contributed by atoms with van der Waals surface area (Å²) in [4.78, 5) is 27.6. The van der Waals surface area contributed by atoms with Crippen molar-refractivity contribution < 1.29 is 4.74 Å². The second kappa shape index (κ2) is 7.85. The van der Waals surface area contributed by atoms with Gasteiger partial charge in [0.2, 0.25) is 0 Å². The molecule has 5 heteroatoms. The van der Waals surface area contributed by atoms with Gasteiger partial charge in [0.25, 0.3) is 5.56 Å². The average Bonchev–Trinajstić information content (AvgIpc) is 3.08. The zero-order valence-electron chi connectivity index (χ0n) is 17.9. The molecule has 2 aromatic heterocycles. The predicted molar refractivity (Wildman–Crippen MR) is 128 cm³/mol. The molecule has 158 valence electrons. The number of aromatic nitrogens is 2. The van der Waals surface area contributed by atoms with Crippen molar-refractivity contribution in [1.82, 2.24) is 9.13 Å². The lowest BCUT2D eigenvalue weighted by Gasteiger charge is -2.07. The van der Waals surface area contributed by atoms with Crippen molar-refractivity contribution in [3.8, 4) is 16.9 Å². The first-order chi connectivity index (χ1) is 15.6. The van der Waals surface area contributed by atoms with Gasteiger partial charge in [-0.15, -0.1) is 0 Å². The lowest BCUT2D eigenvalue weighted by Crippen LogP contribution is -2.19. The maximum absolute atomic E-state index is 13.8. The molecule has 0 bridgehead atoms. The van der Waals surface area contributed by atoms with Gasteiger partial charge in [-0.3, -0.25) is 9.59 Å². The summed E-state index contributed by atoms with van der Waals surface area (Å²) in [6.45, 7) is 0.341. The number of rotatable bonds is 4. The first kappa shape index (κ1) is 19.8. The smallest absolute Gasteiger partial charge is 0.275 e. The Balaban J connectivity index is 1.88. The summed E-state index contributed by atoms with van der Waals surface area (Å²) in [7, 11) is 3.46. The molecule has 2 heterocycles. The van der Waals surface area contributed by atoms with Crippen molar-refractivity contribution >= 4 is 21.8 Å². The molecule has 0 aliphatic rings. The Labute approximate surface area is 184 Å². The number of aryl methyl sites for hydroxylation is 1. The molecule has 0 aliphatic carbocycles. The molecule has 0 unspecified atom stereocenters. The lowest BCUT2D eigenvalue weighted by molar-refractivity contribution is 0.414. The summed E-state index contributed by atoms with van der Waals surface area (Å²) in [6, 6.07) is 24.7. The molecule has 0 spiro atoms. The van der Waals surface area contributed by atoms with Crippen LogP contribution in [0.3, 0.4) is 0 Å². The van der Waals surface area contributed by atoms with Crippen molar-refractivity contribution in [3.63, 3.8) is 0 Å². The minimum atomic E-state index is -0.200. The third kappa shape index (κ3) is 3.19. The largest absolute Gasteiger partial charge is 0.497 e. The van der Waals surface area contributed by atoms with E-state index in [0.717, 1.165) is 27.8 Å². The van der Waals surface area contributed by atoms with E-state index in [1.807, 2.05) is 90.5 Å². The van der Waals surface area contributed by atoms with Crippen LogP contribution in [0.4, 0.5) is 0 Å². The van der Waals surface area contributed by atoms with E-state index in [1.54, 1.807) is 17.9 Å². The van der Waals surface area contributed by atoms with Crippen molar-refractivity contribution in [3.05, 3.63) is 111 Å². The highest BCUT2D eigenvalue weighted by molar-refractivity contribution is 6.08. The van der Waals surface area contributed by atoms with Gasteiger partial charge in [0.1, 0.15) is 11.3 Å². The summed E-state index contributed by atoms with van der Waals surface area (Å²) in [5.74, 6) is 0.752. The summed E-state index contributed by atoms with van der Waals surface area (Å²) in [5, 5.41) is 1.25. The van der Waals surface area contributed by atoms with Crippen LogP contribution < -0.4 is 15.7 Å². The summed E-state index contributed by atoms with van der Waals surface area (Å²) >= 11 is 0. The van der Waals surface area contributed by atoms with Crippen molar-refractivity contribution in [2.45, 2.75) is 6.54 Å². The van der Waals surface area contributed by atoms with E-state index in [2.05, 4.69) is 0 Å². The fourth-order valence-electron chi connectivity index (χ4n) is 4.29. The molecule has 32 heavy (non-hydrogen) atoms. The molecule has 5 rings (SSSR count). The fourth-order valence-corrected chi connectivity index (χ4v) is 4.29. The van der Waals surface area contributed by atoms with Crippen LogP contribution in [0.5, 0.6) is 5.75 Å². The van der Waals surface area contributed by atoms with Crippen molar-refractivity contribution in [2.75, 3.05) is 7.11 Å². The number of hydrogen-bond acceptors (Lipinski definition) is 3. The molecule has 0 atom stereocenters. The molecule has 0 fully saturated rings. The van der Waals surface area contributed by atoms with Crippen LogP contribution in [-0.4, -0.2) is 16.2 Å². The highest BCUT2D eigenvalue weighted by Gasteiger charge is 2.18. The minimum absolute atomic E-state index is 0.145. The number of nitrogens with zero attached hydrogens (tertiary/aromatic N) is 2.